The minimum Gasteiger partial charge on any atom is -0.504 e. The summed E-state index contributed by atoms with van der Waals surface area (Å²) in [6.07, 6.45) is -4.59. The lowest BCUT2D eigenvalue weighted by Crippen LogP contribution is -2.75. The van der Waals surface area contributed by atoms with Crippen molar-refractivity contribution in [2.75, 3.05) is 13.7 Å². The Bertz CT molecular complexity index is 968. The van der Waals surface area contributed by atoms with E-state index in [4.69, 9.17) is 4.74 Å². The highest BCUT2D eigenvalue weighted by molar-refractivity contribution is 5.84. The maximum absolute atomic E-state index is 12.8. The van der Waals surface area contributed by atoms with Crippen molar-refractivity contribution in [3.63, 3.8) is 0 Å². The minimum absolute atomic E-state index is 0.0319. The molecule has 0 bridgehead atoms. The van der Waals surface area contributed by atoms with Crippen molar-refractivity contribution in [2.45, 2.75) is 50.3 Å². The Morgan fingerprint density at radius 3 is 2.06 bits per heavy atom. The third-order valence-electron chi connectivity index (χ3n) is 5.88. The predicted molar refractivity (Wildman–Crippen MR) is 103 cm³/mol. The second-order valence-electron chi connectivity index (χ2n) is 8.69. The number of methoxy groups -OCH3 is 1. The third-order valence-corrected chi connectivity index (χ3v) is 5.88. The van der Waals surface area contributed by atoms with Crippen LogP contribution in [0.25, 0.3) is 0 Å². The van der Waals surface area contributed by atoms with Crippen molar-refractivity contribution < 1.29 is 65.3 Å². The van der Waals surface area contributed by atoms with E-state index in [0.717, 1.165) is 7.11 Å². The van der Waals surface area contributed by atoms with Crippen molar-refractivity contribution in [3.05, 3.63) is 11.1 Å². The molecular weight excluding hydrogens is 450 g/mol. The Labute approximate surface area is 186 Å². The number of aromatic hydroxyl groups is 2. The van der Waals surface area contributed by atoms with E-state index in [0.29, 0.717) is 4.90 Å². The van der Waals surface area contributed by atoms with Crippen LogP contribution in [0.5, 0.6) is 23.0 Å². The maximum atomic E-state index is 12.8. The molecule has 186 valence electrons. The van der Waals surface area contributed by atoms with Gasteiger partial charge in [-0.25, -0.2) is 4.90 Å². The van der Waals surface area contributed by atoms with Crippen molar-refractivity contribution in [1.82, 2.24) is 4.90 Å². The molecule has 0 aliphatic carbocycles. The van der Waals surface area contributed by atoms with E-state index in [1.807, 2.05) is 0 Å². The fourth-order valence-electron chi connectivity index (χ4n) is 4.52. The van der Waals surface area contributed by atoms with Crippen LogP contribution in [0.4, 0.5) is 0 Å². The van der Waals surface area contributed by atoms with Gasteiger partial charge in [-0.1, -0.05) is 13.8 Å². The number of nitrogens with zero attached hydrogens (tertiary/aromatic N) is 1. The van der Waals surface area contributed by atoms with Crippen molar-refractivity contribution in [2.24, 2.45) is 11.8 Å². The average molecular weight is 477 g/mol. The zero-order valence-electron chi connectivity index (χ0n) is 17.9. The smallest absolute Gasteiger partial charge is 0.453 e. The highest BCUT2D eigenvalue weighted by Gasteiger charge is 2.69. The zero-order chi connectivity index (χ0) is 25.3. The van der Waals surface area contributed by atoms with Crippen LogP contribution in [-0.2, 0) is 16.3 Å². The molecule has 0 saturated carbocycles. The van der Waals surface area contributed by atoms with Crippen LogP contribution in [0.15, 0.2) is 0 Å². The summed E-state index contributed by atoms with van der Waals surface area (Å²) in [5, 5.41) is 103. The van der Waals surface area contributed by atoms with E-state index in [9.17, 15) is 55.9 Å². The van der Waals surface area contributed by atoms with Crippen molar-refractivity contribution in [1.29, 1.82) is 0 Å². The molecule has 33 heavy (non-hydrogen) atoms. The van der Waals surface area contributed by atoms with Crippen LogP contribution < -0.4 is 9.47 Å². The van der Waals surface area contributed by atoms with E-state index in [-0.39, 0.29) is 12.3 Å². The minimum atomic E-state index is -3.93. The molecule has 2 aliphatic rings. The lowest BCUT2D eigenvalue weighted by atomic mass is 9.74. The summed E-state index contributed by atoms with van der Waals surface area (Å²) in [5.74, 6) is -13.8. The van der Waals surface area contributed by atoms with Gasteiger partial charge in [-0.05, 0) is 12.3 Å². The average Bonchev–Trinajstić information content (AvgIpc) is 2.63. The first-order valence-corrected chi connectivity index (χ1v) is 9.85. The number of carbonyl (C=O) groups is 1. The summed E-state index contributed by atoms with van der Waals surface area (Å²) < 4.78 is 9.14. The maximum Gasteiger partial charge on any atom is 0.453 e. The molecule has 1 aromatic rings. The Balaban J connectivity index is 2.37. The standard InChI is InChI=1S/C19H27NO13/c1-7(2)4-8-6-20-16(24,5-9(8)21)10-11(17(25,26)18(20,27)28)13(23)14(32-3)15(12(10)22)33-19(29,30)31/h7-8,22-31H,4-6H2,1-3H3. The molecule has 0 amide bonds. The SMILES string of the molecule is COc1c(O)c2c(c(O)c1OC(O)(O)O)C1(O)CC(=O)C(CC(C)C)CN1C(O)(O)C2(O)O. The Morgan fingerprint density at radius 2 is 1.58 bits per heavy atom. The highest BCUT2D eigenvalue weighted by atomic mass is 16.9. The topological polar surface area (TPSA) is 241 Å². The van der Waals surface area contributed by atoms with Gasteiger partial charge in [0.15, 0.2) is 17.2 Å². The molecule has 10 N–H and O–H groups in total. The zero-order valence-corrected chi connectivity index (χ0v) is 17.9. The lowest BCUT2D eigenvalue weighted by Gasteiger charge is -2.57. The van der Waals surface area contributed by atoms with E-state index >= 15 is 0 Å². The first-order chi connectivity index (χ1) is 14.9. The number of rotatable bonds is 5. The molecule has 0 radical (unpaired) electrons. The number of benzene rings is 1. The fourth-order valence-corrected chi connectivity index (χ4v) is 4.52. The first-order valence-electron chi connectivity index (χ1n) is 9.85. The molecular formula is C19H27NO13. The number of hydrogen-bond acceptors (Lipinski definition) is 14. The number of piperidine rings is 1. The number of phenolic OH excluding ortho intramolecular Hbond substituents is 2. The summed E-state index contributed by atoms with van der Waals surface area (Å²) in [6, 6.07) is 0. The Morgan fingerprint density at radius 1 is 1.03 bits per heavy atom. The van der Waals surface area contributed by atoms with Crippen LogP contribution in [0.2, 0.25) is 0 Å². The van der Waals surface area contributed by atoms with Crippen LogP contribution in [0.3, 0.4) is 0 Å². The predicted octanol–water partition coefficient (Wildman–Crippen LogP) is -3.05. The molecule has 14 nitrogen and oxygen atoms in total. The Hall–Kier alpha value is -2.27. The van der Waals surface area contributed by atoms with E-state index in [1.54, 1.807) is 13.8 Å². The normalized spacial score (nSPS) is 26.7. The summed E-state index contributed by atoms with van der Waals surface area (Å²) >= 11 is 0. The molecule has 3 rings (SSSR count). The number of carbonyl (C=O) groups excluding carboxylic acids is 1. The molecule has 2 aliphatic heterocycles. The Kier molecular flexibility index (Phi) is 5.86. The van der Waals surface area contributed by atoms with Gasteiger partial charge in [-0.15, -0.1) is 0 Å². The number of aliphatic hydroxyl groups is 8. The number of hydrogen-bond donors (Lipinski definition) is 10. The molecule has 1 aromatic carbocycles. The van der Waals surface area contributed by atoms with Crippen molar-refractivity contribution in [3.8, 4) is 23.0 Å². The third kappa shape index (κ3) is 3.69. The highest BCUT2D eigenvalue weighted by Crippen LogP contribution is 2.61. The fraction of sp³-hybridized carbons (Fsp3) is 0.632. The lowest BCUT2D eigenvalue weighted by molar-refractivity contribution is -0.463. The monoisotopic (exact) mass is 477 g/mol. The van der Waals surface area contributed by atoms with Gasteiger partial charge < -0.3 is 60.5 Å². The van der Waals surface area contributed by atoms with Gasteiger partial charge in [0.2, 0.25) is 11.5 Å². The van der Waals surface area contributed by atoms with Gasteiger partial charge in [0.25, 0.3) is 11.7 Å². The van der Waals surface area contributed by atoms with Crippen LogP contribution in [-0.4, -0.2) is 87.5 Å². The largest absolute Gasteiger partial charge is 0.504 e. The summed E-state index contributed by atoms with van der Waals surface area (Å²) in [6.45, 7) is 2.98. The van der Waals surface area contributed by atoms with Gasteiger partial charge in [0.1, 0.15) is 5.78 Å². The molecule has 14 heteroatoms. The number of ether oxygens (including phenoxy) is 2. The van der Waals surface area contributed by atoms with Gasteiger partial charge in [-0.2, -0.15) is 0 Å². The van der Waals surface area contributed by atoms with Gasteiger partial charge in [-0.3, -0.25) is 4.79 Å². The van der Waals surface area contributed by atoms with Gasteiger partial charge in [0.05, 0.1) is 24.7 Å². The van der Waals surface area contributed by atoms with Crippen molar-refractivity contribution >= 4 is 5.78 Å². The van der Waals surface area contributed by atoms with E-state index in [1.165, 1.54) is 0 Å². The second-order valence-corrected chi connectivity index (χ2v) is 8.69. The van der Waals surface area contributed by atoms with E-state index in [2.05, 4.69) is 4.74 Å². The number of fused-ring (bicyclic) bond motifs is 3. The number of phenols is 2. The quantitative estimate of drug-likeness (QED) is 0.150. The first kappa shape index (κ1) is 25.4. The molecule has 0 aromatic heterocycles. The van der Waals surface area contributed by atoms with Crippen LogP contribution in [0, 0.1) is 11.8 Å². The second kappa shape index (κ2) is 7.63. The van der Waals surface area contributed by atoms with Crippen LogP contribution >= 0.6 is 0 Å². The molecule has 2 unspecified atom stereocenters. The van der Waals surface area contributed by atoms with Crippen LogP contribution in [0.1, 0.15) is 37.8 Å². The summed E-state index contributed by atoms with van der Waals surface area (Å²) in [7, 11) is 0.869. The summed E-state index contributed by atoms with van der Waals surface area (Å²) in [4.78, 5) is 13.2. The molecule has 1 saturated heterocycles. The molecule has 2 atom stereocenters. The van der Waals surface area contributed by atoms with E-state index < -0.39 is 82.4 Å². The van der Waals surface area contributed by atoms with Gasteiger partial charge in [0, 0.05) is 12.5 Å². The number of ketones is 1. The summed E-state index contributed by atoms with van der Waals surface area (Å²) in [5.41, 5.74) is -5.14. The molecule has 2 heterocycles. The molecule has 0 spiro atoms. The number of Topliss-reactive ketones (excluding diaryl/α,β-unsaturated/α-hetero) is 1. The van der Waals surface area contributed by atoms with Gasteiger partial charge >= 0.3 is 6.16 Å². The molecule has 1 fully saturated rings.